The number of nitrogens with one attached hydrogen (secondary N) is 1. The fourth-order valence-electron chi connectivity index (χ4n) is 5.10. The van der Waals surface area contributed by atoms with Crippen molar-refractivity contribution in [2.24, 2.45) is 5.73 Å². The highest BCUT2D eigenvalue weighted by Crippen LogP contribution is 2.41. The molecule has 3 N–H and O–H groups in total. The SMILES string of the molecule is COc1ccc(-c2cc3c(C(N)=O)c(Cc4ccc(F)cc4)oc3cc2NS(C)(=O)=O)cc1-c1nc2c(C#N)cccc2o1. The molecule has 0 aliphatic heterocycles. The fourth-order valence-corrected chi connectivity index (χ4v) is 5.66. The Morgan fingerprint density at radius 1 is 1.05 bits per heavy atom. The van der Waals surface area contributed by atoms with Gasteiger partial charge in [0.2, 0.25) is 15.9 Å². The van der Waals surface area contributed by atoms with Crippen molar-refractivity contribution < 1.29 is 31.2 Å². The minimum Gasteiger partial charge on any atom is -0.496 e. The molecule has 0 aliphatic carbocycles. The Balaban J connectivity index is 1.56. The van der Waals surface area contributed by atoms with Gasteiger partial charge in [0.25, 0.3) is 5.91 Å². The van der Waals surface area contributed by atoms with Crippen molar-refractivity contribution in [3.8, 4) is 34.4 Å². The van der Waals surface area contributed by atoms with Gasteiger partial charge in [-0.3, -0.25) is 9.52 Å². The average Bonchev–Trinajstić information content (AvgIpc) is 3.57. The molecule has 0 bridgehead atoms. The van der Waals surface area contributed by atoms with Crippen LogP contribution in [0, 0.1) is 17.1 Å². The second kappa shape index (κ2) is 10.9. The van der Waals surface area contributed by atoms with Crippen molar-refractivity contribution in [2.75, 3.05) is 18.1 Å². The van der Waals surface area contributed by atoms with E-state index in [0.29, 0.717) is 50.1 Å². The molecule has 1 amide bonds. The van der Waals surface area contributed by atoms with E-state index in [0.717, 1.165) is 6.26 Å². The lowest BCUT2D eigenvalue weighted by Gasteiger charge is -2.14. The molecular formula is C32H23FN4O6S. The zero-order chi connectivity index (χ0) is 31.2. The van der Waals surface area contributed by atoms with E-state index in [1.807, 2.05) is 0 Å². The normalized spacial score (nSPS) is 11.5. The van der Waals surface area contributed by atoms with E-state index in [9.17, 15) is 22.9 Å². The van der Waals surface area contributed by atoms with E-state index in [-0.39, 0.29) is 34.9 Å². The van der Waals surface area contributed by atoms with Crippen LogP contribution in [-0.2, 0) is 16.4 Å². The first-order valence-electron chi connectivity index (χ1n) is 13.1. The van der Waals surface area contributed by atoms with Crippen LogP contribution >= 0.6 is 0 Å². The summed E-state index contributed by atoms with van der Waals surface area (Å²) in [5.41, 5.74) is 9.50. The highest BCUT2D eigenvalue weighted by Gasteiger charge is 2.24. The number of nitrogens with two attached hydrogens (primary N) is 1. The van der Waals surface area contributed by atoms with Gasteiger partial charge >= 0.3 is 0 Å². The van der Waals surface area contributed by atoms with E-state index in [4.69, 9.17) is 19.3 Å². The molecule has 0 aliphatic rings. The van der Waals surface area contributed by atoms with Crippen molar-refractivity contribution >= 4 is 43.7 Å². The van der Waals surface area contributed by atoms with Gasteiger partial charge in [-0.05, 0) is 53.6 Å². The molecule has 0 atom stereocenters. The molecule has 12 heteroatoms. The summed E-state index contributed by atoms with van der Waals surface area (Å²) in [4.78, 5) is 17.2. The summed E-state index contributed by atoms with van der Waals surface area (Å²) in [6, 6.07) is 21.0. The van der Waals surface area contributed by atoms with Crippen LogP contribution in [0.2, 0.25) is 0 Å². The quantitative estimate of drug-likeness (QED) is 0.212. The Labute approximate surface area is 250 Å². The Kier molecular flexibility index (Phi) is 7.03. The number of hydrogen-bond donors (Lipinski definition) is 2. The fraction of sp³-hybridized carbons (Fsp3) is 0.0938. The number of carbonyl (C=O) groups is 1. The van der Waals surface area contributed by atoms with Crippen molar-refractivity contribution in [1.29, 1.82) is 5.26 Å². The van der Waals surface area contributed by atoms with Crippen LogP contribution in [0.25, 0.3) is 44.7 Å². The number of amides is 1. The molecule has 4 aromatic carbocycles. The van der Waals surface area contributed by atoms with Crippen LogP contribution in [0.5, 0.6) is 5.75 Å². The third-order valence-electron chi connectivity index (χ3n) is 7.00. The maximum Gasteiger partial charge on any atom is 0.252 e. The van der Waals surface area contributed by atoms with Crippen LogP contribution in [0.3, 0.4) is 0 Å². The van der Waals surface area contributed by atoms with Gasteiger partial charge in [-0.15, -0.1) is 0 Å². The van der Waals surface area contributed by atoms with Crippen LogP contribution in [0.15, 0.2) is 81.6 Å². The number of para-hydroxylation sites is 1. The Morgan fingerprint density at radius 2 is 1.82 bits per heavy atom. The smallest absolute Gasteiger partial charge is 0.252 e. The maximum absolute atomic E-state index is 13.5. The Morgan fingerprint density at radius 3 is 2.50 bits per heavy atom. The molecule has 44 heavy (non-hydrogen) atoms. The van der Waals surface area contributed by atoms with Gasteiger partial charge in [0.05, 0.1) is 35.7 Å². The summed E-state index contributed by atoms with van der Waals surface area (Å²) in [5.74, 6) is -0.303. The zero-order valence-corrected chi connectivity index (χ0v) is 24.2. The number of rotatable bonds is 8. The standard InChI is InChI=1S/C32H23FN4O6S/c1-41-25-11-8-18(13-23(25)32-36-30-19(16-34)4-3-5-26(30)43-32)21-14-22-27(15-24(21)37-44(2,39)40)42-28(29(22)31(35)38)12-17-6-9-20(33)10-7-17/h3-11,13-15,37H,12H2,1-2H3,(H2,35,38). The third-order valence-corrected chi connectivity index (χ3v) is 7.59. The predicted octanol–water partition coefficient (Wildman–Crippen LogP) is 5.99. The number of oxazole rings is 1. The summed E-state index contributed by atoms with van der Waals surface area (Å²) in [5, 5.41) is 9.87. The van der Waals surface area contributed by atoms with Gasteiger partial charge < -0.3 is 19.3 Å². The molecule has 0 saturated heterocycles. The van der Waals surface area contributed by atoms with E-state index in [1.54, 1.807) is 54.6 Å². The van der Waals surface area contributed by atoms with Gasteiger partial charge in [0.1, 0.15) is 34.5 Å². The molecule has 6 rings (SSSR count). The van der Waals surface area contributed by atoms with Crippen LogP contribution in [-0.4, -0.2) is 32.7 Å². The van der Waals surface area contributed by atoms with Crippen LogP contribution in [0.1, 0.15) is 27.2 Å². The summed E-state index contributed by atoms with van der Waals surface area (Å²) in [6.07, 6.45) is 1.16. The van der Waals surface area contributed by atoms with Gasteiger partial charge in [0, 0.05) is 23.4 Å². The molecule has 0 fully saturated rings. The highest BCUT2D eigenvalue weighted by atomic mass is 32.2. The number of primary amides is 1. The van der Waals surface area contributed by atoms with Gasteiger partial charge in [0.15, 0.2) is 5.58 Å². The molecule has 0 radical (unpaired) electrons. The molecule has 10 nitrogen and oxygen atoms in total. The third kappa shape index (κ3) is 5.32. The van der Waals surface area contributed by atoms with Crippen molar-refractivity contribution in [3.05, 3.63) is 101 Å². The second-order valence-electron chi connectivity index (χ2n) is 10.0. The molecule has 2 heterocycles. The first kappa shape index (κ1) is 28.4. The summed E-state index contributed by atoms with van der Waals surface area (Å²) in [7, 11) is -2.27. The number of hydrogen-bond acceptors (Lipinski definition) is 8. The molecular weight excluding hydrogens is 587 g/mol. The summed E-state index contributed by atoms with van der Waals surface area (Å²) in [6.45, 7) is 0. The molecule has 0 saturated carbocycles. The van der Waals surface area contributed by atoms with Crippen molar-refractivity contribution in [1.82, 2.24) is 4.98 Å². The number of halogens is 1. The number of anilines is 1. The minimum absolute atomic E-state index is 0.119. The summed E-state index contributed by atoms with van der Waals surface area (Å²) < 4.78 is 58.4. The number of sulfonamides is 1. The number of nitriles is 1. The lowest BCUT2D eigenvalue weighted by molar-refractivity contribution is 0.1000. The lowest BCUT2D eigenvalue weighted by Crippen LogP contribution is -2.13. The molecule has 0 unspecified atom stereocenters. The number of carbonyl (C=O) groups excluding carboxylic acids is 1. The van der Waals surface area contributed by atoms with E-state index >= 15 is 0 Å². The van der Waals surface area contributed by atoms with Crippen LogP contribution < -0.4 is 15.2 Å². The monoisotopic (exact) mass is 610 g/mol. The van der Waals surface area contributed by atoms with E-state index < -0.39 is 21.7 Å². The Bertz CT molecular complexity index is 2250. The van der Waals surface area contributed by atoms with Crippen molar-refractivity contribution in [3.63, 3.8) is 0 Å². The number of furan rings is 1. The number of methoxy groups -OCH3 is 1. The second-order valence-corrected chi connectivity index (χ2v) is 11.8. The maximum atomic E-state index is 13.5. The van der Waals surface area contributed by atoms with Crippen molar-refractivity contribution in [2.45, 2.75) is 6.42 Å². The van der Waals surface area contributed by atoms with Gasteiger partial charge in [-0.2, -0.15) is 5.26 Å². The van der Waals surface area contributed by atoms with Gasteiger partial charge in [-0.25, -0.2) is 17.8 Å². The molecule has 220 valence electrons. The van der Waals surface area contributed by atoms with E-state index in [2.05, 4.69) is 15.8 Å². The number of benzene rings is 4. The first-order valence-corrected chi connectivity index (χ1v) is 15.0. The lowest BCUT2D eigenvalue weighted by atomic mass is 9.97. The topological polar surface area (TPSA) is 161 Å². The first-order chi connectivity index (χ1) is 21.0. The number of nitrogens with zero attached hydrogens (tertiary/aromatic N) is 2. The molecule has 0 spiro atoms. The highest BCUT2D eigenvalue weighted by molar-refractivity contribution is 7.92. The number of ether oxygens (including phenoxy) is 1. The number of fused-ring (bicyclic) bond motifs is 2. The Hall–Kier alpha value is -5.67. The largest absolute Gasteiger partial charge is 0.496 e. The number of aromatic nitrogens is 1. The predicted molar refractivity (Wildman–Crippen MR) is 162 cm³/mol. The van der Waals surface area contributed by atoms with E-state index in [1.165, 1.54) is 25.3 Å². The zero-order valence-electron chi connectivity index (χ0n) is 23.3. The summed E-state index contributed by atoms with van der Waals surface area (Å²) >= 11 is 0. The average molecular weight is 611 g/mol. The minimum atomic E-state index is -3.75. The van der Waals surface area contributed by atoms with Crippen LogP contribution in [0.4, 0.5) is 10.1 Å². The molecule has 6 aromatic rings. The van der Waals surface area contributed by atoms with Gasteiger partial charge in [-0.1, -0.05) is 24.3 Å². The molecule has 2 aromatic heterocycles.